The zero-order valence-electron chi connectivity index (χ0n) is 16.1. The second-order valence-corrected chi connectivity index (χ2v) is 7.50. The van der Waals surface area contributed by atoms with Crippen LogP contribution in [0.3, 0.4) is 0 Å². The van der Waals surface area contributed by atoms with Crippen LogP contribution in [0.2, 0.25) is 0 Å². The first kappa shape index (κ1) is 17.7. The van der Waals surface area contributed by atoms with Gasteiger partial charge in [0.05, 0.1) is 16.8 Å². The number of pyridine rings is 1. The van der Waals surface area contributed by atoms with E-state index in [1.807, 2.05) is 36.4 Å². The number of amides is 1. The highest BCUT2D eigenvalue weighted by molar-refractivity contribution is 6.07. The molecule has 2 heterocycles. The number of para-hydroxylation sites is 1. The predicted octanol–water partition coefficient (Wildman–Crippen LogP) is 5.61. The number of carbonyl (C=O) groups excluding carboxylic acids is 1. The van der Waals surface area contributed by atoms with Gasteiger partial charge in [0, 0.05) is 23.5 Å². The number of piperidine rings is 1. The Morgan fingerprint density at radius 3 is 2.78 bits per heavy atom. The van der Waals surface area contributed by atoms with E-state index in [-0.39, 0.29) is 5.91 Å². The lowest BCUT2D eigenvalue weighted by molar-refractivity contribution is 0.0610. The van der Waals surface area contributed by atoms with E-state index in [4.69, 9.17) is 4.98 Å². The topological polar surface area (TPSA) is 33.2 Å². The summed E-state index contributed by atoms with van der Waals surface area (Å²) in [6.07, 6.45) is 4.43. The molecule has 3 nitrogen and oxygen atoms in total. The third-order valence-electron chi connectivity index (χ3n) is 5.62. The van der Waals surface area contributed by atoms with Gasteiger partial charge in [-0.3, -0.25) is 4.79 Å². The maximum Gasteiger partial charge on any atom is 0.254 e. The van der Waals surface area contributed by atoms with Gasteiger partial charge in [-0.2, -0.15) is 0 Å². The fourth-order valence-corrected chi connectivity index (χ4v) is 4.15. The number of likely N-dealkylation sites (tertiary alicyclic amines) is 1. The average Bonchev–Trinajstić information content (AvgIpc) is 2.72. The highest BCUT2D eigenvalue weighted by Crippen LogP contribution is 2.29. The minimum Gasteiger partial charge on any atom is -0.336 e. The molecule has 4 rings (SSSR count). The molecule has 0 saturated carbocycles. The molecule has 1 saturated heterocycles. The van der Waals surface area contributed by atoms with Crippen LogP contribution in [0.5, 0.6) is 0 Å². The van der Waals surface area contributed by atoms with E-state index in [0.717, 1.165) is 53.5 Å². The molecular weight excluding hydrogens is 332 g/mol. The van der Waals surface area contributed by atoms with Crippen molar-refractivity contribution in [3.63, 3.8) is 0 Å². The van der Waals surface area contributed by atoms with E-state index in [2.05, 4.69) is 36.9 Å². The highest BCUT2D eigenvalue weighted by atomic mass is 16.2. The van der Waals surface area contributed by atoms with E-state index in [0.29, 0.717) is 6.04 Å². The van der Waals surface area contributed by atoms with Crippen molar-refractivity contribution >= 4 is 16.8 Å². The molecule has 1 aromatic heterocycles. The molecule has 138 valence electrons. The smallest absolute Gasteiger partial charge is 0.254 e. The molecule has 1 aliphatic heterocycles. The Bertz CT molecular complexity index is 979. The van der Waals surface area contributed by atoms with Gasteiger partial charge in [0.2, 0.25) is 0 Å². The summed E-state index contributed by atoms with van der Waals surface area (Å²) in [7, 11) is 0. The van der Waals surface area contributed by atoms with Gasteiger partial charge in [-0.05, 0) is 50.8 Å². The molecule has 2 aromatic carbocycles. The molecule has 0 radical (unpaired) electrons. The number of fused-ring (bicyclic) bond motifs is 1. The number of hydrogen-bond donors (Lipinski definition) is 0. The van der Waals surface area contributed by atoms with Crippen LogP contribution in [0.25, 0.3) is 22.2 Å². The Kier molecular flexibility index (Phi) is 4.93. The summed E-state index contributed by atoms with van der Waals surface area (Å²) in [5.74, 6) is 0.147. The first-order chi connectivity index (χ1) is 13.2. The molecule has 1 atom stereocenters. The SMILES string of the molecule is CC[C@@H]1CCCCN1C(=O)c1cc(-c2cccc(C)c2)nc2ccccc12. The lowest BCUT2D eigenvalue weighted by Crippen LogP contribution is -2.43. The lowest BCUT2D eigenvalue weighted by atomic mass is 9.97. The maximum absolute atomic E-state index is 13.5. The molecule has 3 aromatic rings. The van der Waals surface area contributed by atoms with Gasteiger partial charge in [0.15, 0.2) is 0 Å². The normalized spacial score (nSPS) is 17.3. The van der Waals surface area contributed by atoms with Crippen LogP contribution in [0, 0.1) is 6.92 Å². The Labute approximate surface area is 161 Å². The van der Waals surface area contributed by atoms with Gasteiger partial charge >= 0.3 is 0 Å². The average molecular weight is 358 g/mol. The van der Waals surface area contributed by atoms with Crippen molar-refractivity contribution < 1.29 is 4.79 Å². The molecule has 0 aliphatic carbocycles. The second kappa shape index (κ2) is 7.51. The Hall–Kier alpha value is -2.68. The summed E-state index contributed by atoms with van der Waals surface area (Å²) < 4.78 is 0. The van der Waals surface area contributed by atoms with Gasteiger partial charge in [0.25, 0.3) is 5.91 Å². The number of hydrogen-bond acceptors (Lipinski definition) is 2. The number of carbonyl (C=O) groups is 1. The fourth-order valence-electron chi connectivity index (χ4n) is 4.15. The number of aromatic nitrogens is 1. The molecule has 0 spiro atoms. The van der Waals surface area contributed by atoms with Crippen LogP contribution in [-0.2, 0) is 0 Å². The van der Waals surface area contributed by atoms with E-state index in [9.17, 15) is 4.79 Å². The summed E-state index contributed by atoms with van der Waals surface area (Å²) in [6, 6.07) is 18.6. The number of rotatable bonds is 3. The summed E-state index contributed by atoms with van der Waals surface area (Å²) in [6.45, 7) is 5.11. The van der Waals surface area contributed by atoms with E-state index >= 15 is 0 Å². The summed E-state index contributed by atoms with van der Waals surface area (Å²) in [5, 5.41) is 0.944. The molecule has 0 bridgehead atoms. The first-order valence-corrected chi connectivity index (χ1v) is 9.95. The van der Waals surface area contributed by atoms with Crippen molar-refractivity contribution in [2.24, 2.45) is 0 Å². The van der Waals surface area contributed by atoms with Gasteiger partial charge in [0.1, 0.15) is 0 Å². The van der Waals surface area contributed by atoms with Crippen molar-refractivity contribution in [2.45, 2.75) is 45.6 Å². The second-order valence-electron chi connectivity index (χ2n) is 7.50. The van der Waals surface area contributed by atoms with Crippen LogP contribution in [0.15, 0.2) is 54.6 Å². The molecule has 27 heavy (non-hydrogen) atoms. The monoisotopic (exact) mass is 358 g/mol. The minimum absolute atomic E-state index is 0.147. The standard InChI is InChI=1S/C24H26N2O/c1-3-19-11-6-7-14-26(19)24(27)21-16-23(18-10-8-9-17(2)15-18)25-22-13-5-4-12-20(21)22/h4-5,8-10,12-13,15-16,19H,3,6-7,11,14H2,1-2H3/t19-/m1/s1. The van der Waals surface area contributed by atoms with E-state index in [1.54, 1.807) is 0 Å². The number of benzene rings is 2. The Morgan fingerprint density at radius 2 is 1.96 bits per heavy atom. The van der Waals surface area contributed by atoms with E-state index < -0.39 is 0 Å². The fraction of sp³-hybridized carbons (Fsp3) is 0.333. The largest absolute Gasteiger partial charge is 0.336 e. The third kappa shape index (κ3) is 3.46. The Balaban J connectivity index is 1.84. The van der Waals surface area contributed by atoms with Crippen molar-refractivity contribution in [3.05, 3.63) is 65.7 Å². The summed E-state index contributed by atoms with van der Waals surface area (Å²) >= 11 is 0. The van der Waals surface area contributed by atoms with Crippen LogP contribution in [0.4, 0.5) is 0 Å². The molecule has 1 aliphatic rings. The van der Waals surface area contributed by atoms with Gasteiger partial charge in [-0.25, -0.2) is 4.98 Å². The first-order valence-electron chi connectivity index (χ1n) is 9.95. The highest BCUT2D eigenvalue weighted by Gasteiger charge is 2.27. The van der Waals surface area contributed by atoms with E-state index in [1.165, 1.54) is 12.0 Å². The quantitative estimate of drug-likeness (QED) is 0.609. The van der Waals surface area contributed by atoms with Gasteiger partial charge in [-0.1, -0.05) is 48.9 Å². The molecule has 3 heteroatoms. The molecule has 1 amide bonds. The maximum atomic E-state index is 13.5. The Morgan fingerprint density at radius 1 is 1.11 bits per heavy atom. The van der Waals surface area contributed by atoms with Crippen LogP contribution in [-0.4, -0.2) is 28.4 Å². The van der Waals surface area contributed by atoms with Crippen LogP contribution < -0.4 is 0 Å². The van der Waals surface area contributed by atoms with Crippen LogP contribution in [0.1, 0.15) is 48.5 Å². The van der Waals surface area contributed by atoms with Gasteiger partial charge in [-0.15, -0.1) is 0 Å². The third-order valence-corrected chi connectivity index (χ3v) is 5.62. The van der Waals surface area contributed by atoms with Crippen molar-refractivity contribution in [1.82, 2.24) is 9.88 Å². The minimum atomic E-state index is 0.147. The molecule has 0 N–H and O–H groups in total. The summed E-state index contributed by atoms with van der Waals surface area (Å²) in [4.78, 5) is 20.5. The molecule has 0 unspecified atom stereocenters. The van der Waals surface area contributed by atoms with Crippen molar-refractivity contribution in [3.8, 4) is 11.3 Å². The molecular formula is C24H26N2O. The van der Waals surface area contributed by atoms with Crippen molar-refractivity contribution in [2.75, 3.05) is 6.54 Å². The zero-order valence-corrected chi connectivity index (χ0v) is 16.1. The number of nitrogens with zero attached hydrogens (tertiary/aromatic N) is 2. The predicted molar refractivity (Wildman–Crippen MR) is 111 cm³/mol. The molecule has 1 fully saturated rings. The zero-order chi connectivity index (χ0) is 18.8. The van der Waals surface area contributed by atoms with Crippen LogP contribution >= 0.6 is 0 Å². The van der Waals surface area contributed by atoms with Gasteiger partial charge < -0.3 is 4.90 Å². The summed E-state index contributed by atoms with van der Waals surface area (Å²) in [5.41, 5.74) is 4.77. The van der Waals surface area contributed by atoms with Crippen molar-refractivity contribution in [1.29, 1.82) is 0 Å². The number of aryl methyl sites for hydroxylation is 1. The lowest BCUT2D eigenvalue weighted by Gasteiger charge is -2.35.